The highest BCUT2D eigenvalue weighted by Gasteiger charge is 2.21. The van der Waals surface area contributed by atoms with Gasteiger partial charge in [0.2, 0.25) is 0 Å². The summed E-state index contributed by atoms with van der Waals surface area (Å²) in [7, 11) is 0. The summed E-state index contributed by atoms with van der Waals surface area (Å²) >= 11 is 0. The molecule has 2 aromatic heterocycles. The lowest BCUT2D eigenvalue weighted by molar-refractivity contribution is 0.433. The second-order valence-electron chi connectivity index (χ2n) is 4.42. The molecule has 0 spiro atoms. The van der Waals surface area contributed by atoms with Crippen molar-refractivity contribution in [3.63, 3.8) is 0 Å². The Morgan fingerprint density at radius 1 is 1.15 bits per heavy atom. The number of hydrogen-bond donors (Lipinski definition) is 1. The van der Waals surface area contributed by atoms with Crippen LogP contribution >= 0.6 is 0 Å². The molecule has 0 aliphatic carbocycles. The molecule has 1 aromatic carbocycles. The number of halogens is 1. The first-order valence-electron chi connectivity index (χ1n) is 6.10. The predicted molar refractivity (Wildman–Crippen MR) is 74.3 cm³/mol. The van der Waals surface area contributed by atoms with Crippen molar-refractivity contribution in [2.75, 3.05) is 5.73 Å². The van der Waals surface area contributed by atoms with E-state index in [1.165, 1.54) is 0 Å². The average Bonchev–Trinajstić information content (AvgIpc) is 2.84. The summed E-state index contributed by atoms with van der Waals surface area (Å²) < 4.78 is 19.5. The van der Waals surface area contributed by atoms with Crippen LogP contribution in [0.1, 0.15) is 5.56 Å². The van der Waals surface area contributed by atoms with Crippen molar-refractivity contribution in [3.8, 4) is 22.6 Å². The second-order valence-corrected chi connectivity index (χ2v) is 4.42. The van der Waals surface area contributed by atoms with Gasteiger partial charge in [-0.05, 0) is 30.7 Å². The highest BCUT2D eigenvalue weighted by atomic mass is 19.1. The van der Waals surface area contributed by atoms with Crippen LogP contribution in [-0.4, -0.2) is 10.1 Å². The Morgan fingerprint density at radius 2 is 2.00 bits per heavy atom. The molecule has 0 fully saturated rings. The van der Waals surface area contributed by atoms with E-state index >= 15 is 0 Å². The molecule has 20 heavy (non-hydrogen) atoms. The third kappa shape index (κ3) is 1.93. The lowest BCUT2D eigenvalue weighted by atomic mass is 10.0. The maximum Gasteiger partial charge on any atom is 0.181 e. The summed E-state index contributed by atoms with van der Waals surface area (Å²) in [6.07, 6.45) is 1.64. The van der Waals surface area contributed by atoms with Crippen LogP contribution in [0.25, 0.3) is 22.6 Å². The van der Waals surface area contributed by atoms with E-state index in [4.69, 9.17) is 10.3 Å². The van der Waals surface area contributed by atoms with Gasteiger partial charge < -0.3 is 10.3 Å². The fraction of sp³-hybridized carbons (Fsp3) is 0.0667. The molecule has 0 atom stereocenters. The van der Waals surface area contributed by atoms with Crippen molar-refractivity contribution in [3.05, 3.63) is 54.0 Å². The van der Waals surface area contributed by atoms with Crippen LogP contribution in [0, 0.1) is 12.7 Å². The smallest absolute Gasteiger partial charge is 0.181 e. The van der Waals surface area contributed by atoms with Crippen LogP contribution in [0.3, 0.4) is 0 Å². The molecule has 100 valence electrons. The molecule has 0 unspecified atom stereocenters. The molecule has 3 aromatic rings. The maximum absolute atomic E-state index is 14.2. The lowest BCUT2D eigenvalue weighted by Crippen LogP contribution is -1.92. The molecule has 0 aliphatic heterocycles. The van der Waals surface area contributed by atoms with Gasteiger partial charge in [0.1, 0.15) is 5.82 Å². The van der Waals surface area contributed by atoms with Crippen molar-refractivity contribution in [1.82, 2.24) is 10.1 Å². The summed E-state index contributed by atoms with van der Waals surface area (Å²) in [5, 5.41) is 3.74. The quantitative estimate of drug-likeness (QED) is 0.774. The van der Waals surface area contributed by atoms with E-state index in [9.17, 15) is 4.39 Å². The topological polar surface area (TPSA) is 64.9 Å². The first kappa shape index (κ1) is 12.3. The number of hydrogen-bond acceptors (Lipinski definition) is 4. The largest absolute Gasteiger partial charge is 0.380 e. The summed E-state index contributed by atoms with van der Waals surface area (Å²) in [4.78, 5) is 4.22. The Bertz CT molecular complexity index is 753. The molecule has 0 amide bonds. The molecular weight excluding hydrogens is 257 g/mol. The van der Waals surface area contributed by atoms with Crippen molar-refractivity contribution in [1.29, 1.82) is 0 Å². The number of anilines is 1. The minimum absolute atomic E-state index is 0.194. The van der Waals surface area contributed by atoms with Gasteiger partial charge in [0, 0.05) is 6.20 Å². The SMILES string of the molecule is Cc1cccc(-c2onc(N)c2-c2ccccn2)c1F. The fourth-order valence-electron chi connectivity index (χ4n) is 2.07. The normalized spacial score (nSPS) is 10.7. The highest BCUT2D eigenvalue weighted by molar-refractivity contribution is 5.85. The number of nitrogens with zero attached hydrogens (tertiary/aromatic N) is 2. The Labute approximate surface area is 115 Å². The van der Waals surface area contributed by atoms with Crippen LogP contribution in [0.4, 0.5) is 10.2 Å². The minimum Gasteiger partial charge on any atom is -0.380 e. The van der Waals surface area contributed by atoms with Gasteiger partial charge in [-0.2, -0.15) is 0 Å². The van der Waals surface area contributed by atoms with E-state index in [2.05, 4.69) is 10.1 Å². The standard InChI is InChI=1S/C15H12FN3O/c1-9-5-4-6-10(13(9)16)14-12(15(17)19-20-14)11-7-2-3-8-18-11/h2-8H,1H3,(H2,17,19). The van der Waals surface area contributed by atoms with Gasteiger partial charge in [0.05, 0.1) is 16.8 Å². The highest BCUT2D eigenvalue weighted by Crippen LogP contribution is 2.37. The molecule has 0 aliphatic rings. The monoisotopic (exact) mass is 269 g/mol. The van der Waals surface area contributed by atoms with Crippen LogP contribution in [0.5, 0.6) is 0 Å². The average molecular weight is 269 g/mol. The van der Waals surface area contributed by atoms with Gasteiger partial charge in [-0.25, -0.2) is 4.39 Å². The predicted octanol–water partition coefficient (Wildman–Crippen LogP) is 3.43. The van der Waals surface area contributed by atoms with E-state index in [0.717, 1.165) is 0 Å². The summed E-state index contributed by atoms with van der Waals surface area (Å²) in [5.41, 5.74) is 7.80. The molecule has 4 nitrogen and oxygen atoms in total. The van der Waals surface area contributed by atoms with Gasteiger partial charge in [0.25, 0.3) is 0 Å². The van der Waals surface area contributed by atoms with Crippen LogP contribution in [-0.2, 0) is 0 Å². The molecule has 0 bridgehead atoms. The first-order chi connectivity index (χ1) is 9.68. The van der Waals surface area contributed by atoms with E-state index < -0.39 is 0 Å². The maximum atomic E-state index is 14.2. The molecule has 0 saturated heterocycles. The lowest BCUT2D eigenvalue weighted by Gasteiger charge is -2.04. The van der Waals surface area contributed by atoms with E-state index in [1.54, 1.807) is 43.5 Å². The number of nitrogen functional groups attached to an aromatic ring is 1. The molecular formula is C15H12FN3O. The Morgan fingerprint density at radius 3 is 2.75 bits per heavy atom. The zero-order valence-corrected chi connectivity index (χ0v) is 10.8. The molecule has 3 rings (SSSR count). The molecule has 0 radical (unpaired) electrons. The van der Waals surface area contributed by atoms with Crippen LogP contribution in [0.2, 0.25) is 0 Å². The third-order valence-electron chi connectivity index (χ3n) is 3.08. The van der Waals surface area contributed by atoms with Crippen molar-refractivity contribution < 1.29 is 8.91 Å². The Hall–Kier alpha value is -2.69. The minimum atomic E-state index is -0.346. The third-order valence-corrected chi connectivity index (χ3v) is 3.08. The zero-order chi connectivity index (χ0) is 14.1. The van der Waals surface area contributed by atoms with Crippen molar-refractivity contribution in [2.24, 2.45) is 0 Å². The van der Waals surface area contributed by atoms with Crippen molar-refractivity contribution >= 4 is 5.82 Å². The summed E-state index contributed by atoms with van der Waals surface area (Å²) in [6.45, 7) is 1.69. The molecule has 0 saturated carbocycles. The van der Waals surface area contributed by atoms with Crippen molar-refractivity contribution in [2.45, 2.75) is 6.92 Å². The number of nitrogens with two attached hydrogens (primary N) is 1. The fourth-order valence-corrected chi connectivity index (χ4v) is 2.07. The van der Waals surface area contributed by atoms with E-state index in [-0.39, 0.29) is 11.6 Å². The number of rotatable bonds is 2. The number of pyridine rings is 1. The van der Waals surface area contributed by atoms with Gasteiger partial charge in [0.15, 0.2) is 11.6 Å². The van der Waals surface area contributed by atoms with Crippen LogP contribution in [0.15, 0.2) is 47.1 Å². The second kappa shape index (κ2) is 4.77. The van der Waals surface area contributed by atoms with E-state index in [1.807, 2.05) is 6.07 Å². The van der Waals surface area contributed by atoms with E-state index in [0.29, 0.717) is 28.1 Å². The molecule has 2 heterocycles. The number of aryl methyl sites for hydroxylation is 1. The van der Waals surface area contributed by atoms with Gasteiger partial charge in [-0.1, -0.05) is 23.4 Å². The zero-order valence-electron chi connectivity index (χ0n) is 10.8. The Kier molecular flexibility index (Phi) is 2.95. The molecule has 2 N–H and O–H groups in total. The summed E-state index contributed by atoms with van der Waals surface area (Å²) in [5.74, 6) is 0.142. The number of aromatic nitrogens is 2. The van der Waals surface area contributed by atoms with Gasteiger partial charge in [-0.15, -0.1) is 0 Å². The van der Waals surface area contributed by atoms with Gasteiger partial charge >= 0.3 is 0 Å². The summed E-state index contributed by atoms with van der Waals surface area (Å²) in [6, 6.07) is 10.5. The number of benzene rings is 1. The molecule has 5 heteroatoms. The van der Waals surface area contributed by atoms with Crippen LogP contribution < -0.4 is 5.73 Å². The Balaban J connectivity index is 2.24. The first-order valence-corrected chi connectivity index (χ1v) is 6.10. The van der Waals surface area contributed by atoms with Gasteiger partial charge in [-0.3, -0.25) is 4.98 Å².